The zero-order valence-corrected chi connectivity index (χ0v) is 12.2. The first kappa shape index (κ1) is 13.6. The average molecular weight is 333 g/mol. The Morgan fingerprint density at radius 2 is 2.33 bits per heavy atom. The van der Waals surface area contributed by atoms with Crippen molar-refractivity contribution in [1.29, 1.82) is 0 Å². The molecule has 0 aromatic heterocycles. The van der Waals surface area contributed by atoms with Crippen LogP contribution in [0.15, 0.2) is 22.7 Å². The van der Waals surface area contributed by atoms with E-state index in [0.29, 0.717) is 17.3 Å². The number of nitrogens with two attached hydrogens (primary N) is 1. The quantitative estimate of drug-likeness (QED) is 0.830. The molecular formula is C12H15BrClN3O. The lowest BCUT2D eigenvalue weighted by molar-refractivity contribution is 0.193. The highest BCUT2D eigenvalue weighted by molar-refractivity contribution is 9.10. The number of anilines is 1. The molecule has 0 spiro atoms. The summed E-state index contributed by atoms with van der Waals surface area (Å²) < 4.78 is 0.880. The molecule has 0 radical (unpaired) electrons. The SMILES string of the molecule is NC1CCCN(C(=O)Nc2ccc(Br)cc2Cl)C1. The molecule has 1 aliphatic rings. The van der Waals surface area contributed by atoms with E-state index < -0.39 is 0 Å². The highest BCUT2D eigenvalue weighted by Crippen LogP contribution is 2.26. The lowest BCUT2D eigenvalue weighted by atomic mass is 10.1. The van der Waals surface area contributed by atoms with Crippen LogP contribution in [0.4, 0.5) is 10.5 Å². The molecule has 2 amide bonds. The number of carbonyl (C=O) groups excluding carboxylic acids is 1. The number of piperidine rings is 1. The van der Waals surface area contributed by atoms with Crippen molar-refractivity contribution in [3.63, 3.8) is 0 Å². The van der Waals surface area contributed by atoms with Gasteiger partial charge in [0.2, 0.25) is 0 Å². The molecule has 4 nitrogen and oxygen atoms in total. The van der Waals surface area contributed by atoms with Gasteiger partial charge in [0.05, 0.1) is 10.7 Å². The van der Waals surface area contributed by atoms with Gasteiger partial charge in [-0.1, -0.05) is 27.5 Å². The molecule has 98 valence electrons. The Morgan fingerprint density at radius 3 is 3.00 bits per heavy atom. The van der Waals surface area contributed by atoms with Crippen molar-refractivity contribution in [2.24, 2.45) is 5.73 Å². The number of hydrogen-bond donors (Lipinski definition) is 2. The third-order valence-electron chi connectivity index (χ3n) is 2.92. The predicted octanol–water partition coefficient (Wildman–Crippen LogP) is 3.06. The van der Waals surface area contributed by atoms with Crippen LogP contribution in [0.2, 0.25) is 5.02 Å². The van der Waals surface area contributed by atoms with Crippen LogP contribution < -0.4 is 11.1 Å². The van der Waals surface area contributed by atoms with E-state index in [2.05, 4.69) is 21.2 Å². The molecule has 2 rings (SSSR count). The van der Waals surface area contributed by atoms with Crippen LogP contribution in [0, 0.1) is 0 Å². The van der Waals surface area contributed by atoms with Crippen LogP contribution in [-0.2, 0) is 0 Å². The third-order valence-corrected chi connectivity index (χ3v) is 3.72. The summed E-state index contributed by atoms with van der Waals surface area (Å²) in [4.78, 5) is 13.8. The van der Waals surface area contributed by atoms with E-state index in [1.807, 2.05) is 6.07 Å². The van der Waals surface area contributed by atoms with Crippen molar-refractivity contribution in [3.8, 4) is 0 Å². The first-order valence-electron chi connectivity index (χ1n) is 5.83. The molecule has 6 heteroatoms. The molecule has 0 aliphatic carbocycles. The average Bonchev–Trinajstić information content (AvgIpc) is 2.32. The Labute approximate surface area is 120 Å². The first-order valence-corrected chi connectivity index (χ1v) is 7.00. The zero-order valence-electron chi connectivity index (χ0n) is 9.83. The Balaban J connectivity index is 2.02. The van der Waals surface area contributed by atoms with Gasteiger partial charge in [0.15, 0.2) is 0 Å². The Kier molecular flexibility index (Phi) is 4.48. The van der Waals surface area contributed by atoms with Gasteiger partial charge < -0.3 is 16.0 Å². The van der Waals surface area contributed by atoms with Gasteiger partial charge in [-0.15, -0.1) is 0 Å². The van der Waals surface area contributed by atoms with E-state index in [1.54, 1.807) is 17.0 Å². The molecule has 1 aromatic carbocycles. The van der Waals surface area contributed by atoms with E-state index in [0.717, 1.165) is 23.9 Å². The minimum atomic E-state index is -0.144. The summed E-state index contributed by atoms with van der Waals surface area (Å²) in [7, 11) is 0. The molecule has 1 aliphatic heterocycles. The maximum atomic E-state index is 12.0. The number of amides is 2. The van der Waals surface area contributed by atoms with Crippen molar-refractivity contribution < 1.29 is 4.79 Å². The van der Waals surface area contributed by atoms with Crippen molar-refractivity contribution in [2.45, 2.75) is 18.9 Å². The molecule has 1 aromatic rings. The summed E-state index contributed by atoms with van der Waals surface area (Å²) >= 11 is 9.38. The van der Waals surface area contributed by atoms with E-state index in [4.69, 9.17) is 17.3 Å². The standard InChI is InChI=1S/C12H15BrClN3O/c13-8-3-4-11(10(14)6-8)16-12(18)17-5-1-2-9(15)7-17/h3-4,6,9H,1-2,5,7,15H2,(H,16,18). The Hall–Kier alpha value is -0.780. The van der Waals surface area contributed by atoms with Gasteiger partial charge in [-0.2, -0.15) is 0 Å². The van der Waals surface area contributed by atoms with E-state index in [9.17, 15) is 4.79 Å². The lowest BCUT2D eigenvalue weighted by Gasteiger charge is -2.30. The summed E-state index contributed by atoms with van der Waals surface area (Å²) in [6.07, 6.45) is 1.92. The summed E-state index contributed by atoms with van der Waals surface area (Å²) in [5, 5.41) is 3.32. The van der Waals surface area contributed by atoms with Gasteiger partial charge in [0.25, 0.3) is 0 Å². The Morgan fingerprint density at radius 1 is 1.56 bits per heavy atom. The number of benzene rings is 1. The molecule has 0 saturated carbocycles. The monoisotopic (exact) mass is 331 g/mol. The van der Waals surface area contributed by atoms with Gasteiger partial charge in [0, 0.05) is 23.6 Å². The number of nitrogens with zero attached hydrogens (tertiary/aromatic N) is 1. The fraction of sp³-hybridized carbons (Fsp3) is 0.417. The summed E-state index contributed by atoms with van der Waals surface area (Å²) in [6.45, 7) is 1.34. The van der Waals surface area contributed by atoms with Crippen LogP contribution in [0.3, 0.4) is 0 Å². The highest BCUT2D eigenvalue weighted by Gasteiger charge is 2.21. The molecular weight excluding hydrogens is 318 g/mol. The zero-order chi connectivity index (χ0) is 13.1. The molecule has 0 bridgehead atoms. The fourth-order valence-electron chi connectivity index (χ4n) is 1.98. The fourth-order valence-corrected chi connectivity index (χ4v) is 2.70. The normalized spacial score (nSPS) is 19.7. The largest absolute Gasteiger partial charge is 0.326 e. The maximum Gasteiger partial charge on any atom is 0.321 e. The number of halogens is 2. The Bertz CT molecular complexity index is 455. The van der Waals surface area contributed by atoms with Gasteiger partial charge in [0.1, 0.15) is 0 Å². The van der Waals surface area contributed by atoms with Gasteiger partial charge in [-0.05, 0) is 31.0 Å². The van der Waals surface area contributed by atoms with Crippen LogP contribution in [-0.4, -0.2) is 30.1 Å². The molecule has 1 unspecified atom stereocenters. The topological polar surface area (TPSA) is 58.4 Å². The van der Waals surface area contributed by atoms with Crippen LogP contribution >= 0.6 is 27.5 Å². The predicted molar refractivity (Wildman–Crippen MR) is 77.0 cm³/mol. The molecule has 3 N–H and O–H groups in total. The second-order valence-electron chi connectivity index (χ2n) is 4.40. The van der Waals surface area contributed by atoms with Crippen molar-refractivity contribution in [1.82, 2.24) is 4.90 Å². The highest BCUT2D eigenvalue weighted by atomic mass is 79.9. The second-order valence-corrected chi connectivity index (χ2v) is 5.73. The number of rotatable bonds is 1. The summed E-state index contributed by atoms with van der Waals surface area (Å²) in [5.74, 6) is 0. The number of hydrogen-bond acceptors (Lipinski definition) is 2. The minimum absolute atomic E-state index is 0.0740. The number of urea groups is 1. The van der Waals surface area contributed by atoms with E-state index in [-0.39, 0.29) is 12.1 Å². The summed E-state index contributed by atoms with van der Waals surface area (Å²) in [5.41, 5.74) is 6.47. The van der Waals surface area contributed by atoms with Crippen molar-refractivity contribution in [2.75, 3.05) is 18.4 Å². The maximum absolute atomic E-state index is 12.0. The third kappa shape index (κ3) is 3.37. The lowest BCUT2D eigenvalue weighted by Crippen LogP contribution is -2.47. The van der Waals surface area contributed by atoms with Crippen LogP contribution in [0.1, 0.15) is 12.8 Å². The summed E-state index contributed by atoms with van der Waals surface area (Å²) in [6, 6.07) is 5.29. The molecule has 1 heterocycles. The van der Waals surface area contributed by atoms with Gasteiger partial charge >= 0.3 is 6.03 Å². The molecule has 1 saturated heterocycles. The smallest absolute Gasteiger partial charge is 0.321 e. The van der Waals surface area contributed by atoms with Gasteiger partial charge in [-0.25, -0.2) is 4.79 Å². The molecule has 18 heavy (non-hydrogen) atoms. The van der Waals surface area contributed by atoms with Crippen molar-refractivity contribution in [3.05, 3.63) is 27.7 Å². The van der Waals surface area contributed by atoms with Crippen LogP contribution in [0.5, 0.6) is 0 Å². The van der Waals surface area contributed by atoms with Gasteiger partial charge in [-0.3, -0.25) is 0 Å². The minimum Gasteiger partial charge on any atom is -0.326 e. The molecule has 1 atom stereocenters. The van der Waals surface area contributed by atoms with Crippen molar-refractivity contribution >= 4 is 39.2 Å². The first-order chi connectivity index (χ1) is 8.56. The molecule has 1 fully saturated rings. The number of carbonyl (C=O) groups is 1. The van der Waals surface area contributed by atoms with E-state index in [1.165, 1.54) is 0 Å². The number of nitrogens with one attached hydrogen (secondary N) is 1. The van der Waals surface area contributed by atoms with Crippen LogP contribution in [0.25, 0.3) is 0 Å². The second kappa shape index (κ2) is 5.91. The van der Waals surface area contributed by atoms with E-state index >= 15 is 0 Å². The number of likely N-dealkylation sites (tertiary alicyclic amines) is 1.